The molecular formula is C11H21BrN2. The van der Waals surface area contributed by atoms with Crippen molar-refractivity contribution in [2.24, 2.45) is 0 Å². The van der Waals surface area contributed by atoms with Crippen LogP contribution in [0.4, 0.5) is 0 Å². The molecule has 0 spiro atoms. The van der Waals surface area contributed by atoms with Crippen molar-refractivity contribution in [1.29, 1.82) is 0 Å². The fraction of sp³-hybridized carbons (Fsp3) is 0.818. The predicted octanol–water partition coefficient (Wildman–Crippen LogP) is 2.36. The molecule has 1 fully saturated rings. The van der Waals surface area contributed by atoms with Gasteiger partial charge in [0.15, 0.2) is 0 Å². The molecule has 2 nitrogen and oxygen atoms in total. The van der Waals surface area contributed by atoms with Gasteiger partial charge in [-0.2, -0.15) is 0 Å². The van der Waals surface area contributed by atoms with E-state index < -0.39 is 0 Å². The van der Waals surface area contributed by atoms with E-state index in [0.29, 0.717) is 12.1 Å². The molecular weight excluding hydrogens is 240 g/mol. The lowest BCUT2D eigenvalue weighted by Gasteiger charge is -2.28. The molecule has 0 aromatic heterocycles. The van der Waals surface area contributed by atoms with E-state index in [1.165, 1.54) is 19.4 Å². The van der Waals surface area contributed by atoms with Crippen molar-refractivity contribution in [3.05, 3.63) is 11.1 Å². The smallest absolute Gasteiger partial charge is 0.0297 e. The quantitative estimate of drug-likeness (QED) is 0.817. The number of hydrogen-bond donors (Lipinski definition) is 1. The van der Waals surface area contributed by atoms with Crippen molar-refractivity contribution >= 4 is 15.9 Å². The van der Waals surface area contributed by atoms with E-state index >= 15 is 0 Å². The first kappa shape index (κ1) is 12.2. The van der Waals surface area contributed by atoms with E-state index in [1.54, 1.807) is 0 Å². The van der Waals surface area contributed by atoms with Gasteiger partial charge in [0.2, 0.25) is 0 Å². The van der Waals surface area contributed by atoms with Gasteiger partial charge in [0.1, 0.15) is 0 Å². The Bertz CT molecular complexity index is 186. The number of nitrogens with one attached hydrogen (secondary N) is 1. The summed E-state index contributed by atoms with van der Waals surface area (Å²) in [5.74, 6) is 0. The molecule has 1 atom stereocenters. The third kappa shape index (κ3) is 4.11. The normalized spacial score (nSPS) is 22.2. The predicted molar refractivity (Wildman–Crippen MR) is 65.8 cm³/mol. The largest absolute Gasteiger partial charge is 0.313 e. The molecule has 1 unspecified atom stereocenters. The summed E-state index contributed by atoms with van der Waals surface area (Å²) in [5.41, 5.74) is 0. The summed E-state index contributed by atoms with van der Waals surface area (Å²) in [6, 6.07) is 1.27. The van der Waals surface area contributed by atoms with Crippen molar-refractivity contribution in [2.75, 3.05) is 19.6 Å². The van der Waals surface area contributed by atoms with Crippen molar-refractivity contribution in [3.8, 4) is 0 Å². The van der Waals surface area contributed by atoms with Gasteiger partial charge < -0.3 is 5.32 Å². The van der Waals surface area contributed by atoms with Crippen LogP contribution < -0.4 is 5.32 Å². The molecule has 0 radical (unpaired) electrons. The minimum absolute atomic E-state index is 0.590. The second-order valence-electron chi connectivity index (χ2n) is 4.33. The highest BCUT2D eigenvalue weighted by Crippen LogP contribution is 2.12. The third-order valence-electron chi connectivity index (χ3n) is 2.72. The topological polar surface area (TPSA) is 15.3 Å². The van der Waals surface area contributed by atoms with Crippen molar-refractivity contribution in [1.82, 2.24) is 10.2 Å². The van der Waals surface area contributed by atoms with Crippen molar-refractivity contribution < 1.29 is 0 Å². The van der Waals surface area contributed by atoms with Crippen molar-refractivity contribution in [3.63, 3.8) is 0 Å². The molecule has 1 rings (SSSR count). The minimum Gasteiger partial charge on any atom is -0.313 e. The van der Waals surface area contributed by atoms with Crippen molar-refractivity contribution in [2.45, 2.75) is 38.8 Å². The van der Waals surface area contributed by atoms with Gasteiger partial charge in [0.05, 0.1) is 0 Å². The Labute approximate surface area is 95.9 Å². The van der Waals surface area contributed by atoms with Gasteiger partial charge in [-0.3, -0.25) is 4.90 Å². The first-order valence-corrected chi connectivity index (χ1v) is 6.19. The summed E-state index contributed by atoms with van der Waals surface area (Å²) >= 11 is 3.44. The Kier molecular flexibility index (Phi) is 5.13. The average Bonchev–Trinajstić information content (AvgIpc) is 2.54. The zero-order chi connectivity index (χ0) is 10.6. The van der Waals surface area contributed by atoms with Crippen LogP contribution in [-0.2, 0) is 0 Å². The zero-order valence-corrected chi connectivity index (χ0v) is 10.8. The molecule has 3 heteroatoms. The summed E-state index contributed by atoms with van der Waals surface area (Å²) in [5, 5.41) is 3.53. The highest BCUT2D eigenvalue weighted by atomic mass is 79.9. The van der Waals surface area contributed by atoms with Crippen LogP contribution in [0.3, 0.4) is 0 Å². The highest BCUT2D eigenvalue weighted by Gasteiger charge is 2.19. The molecule has 0 aromatic carbocycles. The fourth-order valence-electron chi connectivity index (χ4n) is 1.87. The molecule has 0 amide bonds. The standard InChI is InChI=1S/C11H21BrN2/c1-9(2)14(7-10(3)12)8-11-5-4-6-13-11/h9,11,13H,3-8H2,1-2H3. The molecule has 1 aliphatic heterocycles. The Morgan fingerprint density at radius 1 is 1.64 bits per heavy atom. The molecule has 0 bridgehead atoms. The Morgan fingerprint density at radius 2 is 2.36 bits per heavy atom. The Balaban J connectivity index is 2.37. The van der Waals surface area contributed by atoms with Crippen LogP contribution in [0.2, 0.25) is 0 Å². The maximum absolute atomic E-state index is 3.91. The second-order valence-corrected chi connectivity index (χ2v) is 5.46. The fourth-order valence-corrected chi connectivity index (χ4v) is 2.20. The molecule has 82 valence electrons. The van der Waals surface area contributed by atoms with Gasteiger partial charge in [-0.1, -0.05) is 22.5 Å². The first-order valence-electron chi connectivity index (χ1n) is 5.40. The molecule has 0 aromatic rings. The van der Waals surface area contributed by atoms with Crippen LogP contribution in [-0.4, -0.2) is 36.6 Å². The van der Waals surface area contributed by atoms with Gasteiger partial charge in [0, 0.05) is 29.7 Å². The maximum Gasteiger partial charge on any atom is 0.0297 e. The molecule has 1 aliphatic rings. The van der Waals surface area contributed by atoms with Crippen LogP contribution in [0, 0.1) is 0 Å². The number of halogens is 1. The third-order valence-corrected chi connectivity index (χ3v) is 2.97. The van der Waals surface area contributed by atoms with E-state index in [9.17, 15) is 0 Å². The van der Waals surface area contributed by atoms with E-state index in [4.69, 9.17) is 0 Å². The van der Waals surface area contributed by atoms with E-state index in [-0.39, 0.29) is 0 Å². The summed E-state index contributed by atoms with van der Waals surface area (Å²) < 4.78 is 1.07. The van der Waals surface area contributed by atoms with Gasteiger partial charge in [0.25, 0.3) is 0 Å². The molecule has 14 heavy (non-hydrogen) atoms. The van der Waals surface area contributed by atoms with Gasteiger partial charge >= 0.3 is 0 Å². The second kappa shape index (κ2) is 5.89. The number of nitrogens with zero attached hydrogens (tertiary/aromatic N) is 1. The van der Waals surface area contributed by atoms with E-state index in [1.807, 2.05) is 0 Å². The summed E-state index contributed by atoms with van der Waals surface area (Å²) in [6.45, 7) is 11.7. The lowest BCUT2D eigenvalue weighted by Crippen LogP contribution is -2.41. The van der Waals surface area contributed by atoms with Gasteiger partial charge in [-0.15, -0.1) is 0 Å². The minimum atomic E-state index is 0.590. The first-order chi connectivity index (χ1) is 6.59. The SMILES string of the molecule is C=C(Br)CN(CC1CCCN1)C(C)C. The van der Waals surface area contributed by atoms with Gasteiger partial charge in [-0.05, 0) is 33.2 Å². The van der Waals surface area contributed by atoms with E-state index in [2.05, 4.69) is 46.6 Å². The van der Waals surface area contributed by atoms with Crippen LogP contribution in [0.5, 0.6) is 0 Å². The van der Waals surface area contributed by atoms with Crippen LogP contribution in [0.1, 0.15) is 26.7 Å². The summed E-state index contributed by atoms with van der Waals surface area (Å²) in [6.07, 6.45) is 2.64. The molecule has 1 saturated heterocycles. The number of rotatable bonds is 5. The molecule has 1 N–H and O–H groups in total. The van der Waals surface area contributed by atoms with Gasteiger partial charge in [-0.25, -0.2) is 0 Å². The lowest BCUT2D eigenvalue weighted by molar-refractivity contribution is 0.223. The zero-order valence-electron chi connectivity index (χ0n) is 9.22. The average molecular weight is 261 g/mol. The van der Waals surface area contributed by atoms with Crippen LogP contribution >= 0.6 is 15.9 Å². The maximum atomic E-state index is 3.91. The summed E-state index contributed by atoms with van der Waals surface area (Å²) in [7, 11) is 0. The Morgan fingerprint density at radius 3 is 2.79 bits per heavy atom. The number of hydrogen-bond acceptors (Lipinski definition) is 2. The lowest BCUT2D eigenvalue weighted by atomic mass is 10.2. The van der Waals surface area contributed by atoms with E-state index in [0.717, 1.165) is 17.6 Å². The molecule has 0 saturated carbocycles. The van der Waals surface area contributed by atoms with Crippen LogP contribution in [0.25, 0.3) is 0 Å². The molecule has 1 heterocycles. The highest BCUT2D eigenvalue weighted by molar-refractivity contribution is 9.11. The Hall–Kier alpha value is 0.140. The monoisotopic (exact) mass is 260 g/mol. The van der Waals surface area contributed by atoms with Crippen LogP contribution in [0.15, 0.2) is 11.1 Å². The molecule has 0 aliphatic carbocycles. The summed E-state index contributed by atoms with van der Waals surface area (Å²) in [4.78, 5) is 2.46.